The maximum absolute atomic E-state index is 11.2. The molecule has 0 amide bonds. The predicted molar refractivity (Wildman–Crippen MR) is 222 cm³/mol. The van der Waals surface area contributed by atoms with Gasteiger partial charge < -0.3 is 89.0 Å². The zero-order chi connectivity index (χ0) is 46.2. The largest absolute Gasteiger partial charge is 0.394 e. The fraction of sp³-hybridized carbons (Fsp3) is 1.00. The highest BCUT2D eigenvalue weighted by atomic mass is 16.8. The standard InChI is InChI=1S/C46H78O18/c1-20(19-58-41-38(55)36(53)33(50)29(17-47)61-41)9-14-46(57-6)21(2)31-28(64-46)16-27-25-8-7-23-15-24(10-12-44(23,4)26(25)11-13-45(27,31)5)60-43-40(37(54)34(51)30(18-48)62-43)63-42-39(56)35(52)32(49)22(3)59-42/h20-43,47-56H,7-19H2,1-6H3/t20-,21+,22+,23-,24+,25-,26+,27+,28?,29-,30-,31+,32+,33-,34-,35-,36+,37+,38-,39-,40-,41-,42+,43-,44+,45+,46-/m1/s1. The van der Waals surface area contributed by atoms with E-state index in [0.29, 0.717) is 36.0 Å². The Morgan fingerprint density at radius 3 is 1.98 bits per heavy atom. The van der Waals surface area contributed by atoms with Crippen LogP contribution in [-0.2, 0) is 37.9 Å². The Kier molecular flexibility index (Phi) is 14.9. The van der Waals surface area contributed by atoms with Gasteiger partial charge in [-0.1, -0.05) is 27.7 Å². The van der Waals surface area contributed by atoms with Crippen LogP contribution in [0.15, 0.2) is 0 Å². The number of fused-ring (bicyclic) bond motifs is 7. The van der Waals surface area contributed by atoms with Gasteiger partial charge in [-0.05, 0) is 111 Å². The van der Waals surface area contributed by atoms with Crippen molar-refractivity contribution in [3.8, 4) is 0 Å². The summed E-state index contributed by atoms with van der Waals surface area (Å²) in [7, 11) is 1.74. The highest BCUT2D eigenvalue weighted by molar-refractivity contribution is 5.15. The first-order chi connectivity index (χ1) is 30.3. The van der Waals surface area contributed by atoms with Crippen LogP contribution in [0.3, 0.4) is 0 Å². The number of hydrogen-bond donors (Lipinski definition) is 10. The monoisotopic (exact) mass is 919 g/mol. The van der Waals surface area contributed by atoms with Crippen LogP contribution in [0.4, 0.5) is 0 Å². The second-order valence-electron chi connectivity index (χ2n) is 21.6. The number of methoxy groups -OCH3 is 1. The number of aliphatic hydroxyl groups is 10. The van der Waals surface area contributed by atoms with Gasteiger partial charge in [-0.15, -0.1) is 0 Å². The van der Waals surface area contributed by atoms with Gasteiger partial charge in [0.05, 0.1) is 38.1 Å². The van der Waals surface area contributed by atoms with Crippen molar-refractivity contribution in [3.05, 3.63) is 0 Å². The van der Waals surface area contributed by atoms with Crippen molar-refractivity contribution >= 4 is 0 Å². The molecule has 0 aromatic carbocycles. The molecule has 0 radical (unpaired) electrons. The maximum atomic E-state index is 11.2. The minimum atomic E-state index is -1.64. The van der Waals surface area contributed by atoms with Gasteiger partial charge in [0.1, 0.15) is 67.1 Å². The third-order valence-electron chi connectivity index (χ3n) is 18.3. The van der Waals surface area contributed by atoms with E-state index < -0.39 is 111 Å². The molecule has 0 spiro atoms. The maximum Gasteiger partial charge on any atom is 0.187 e. The SMILES string of the molecule is CO[C@]1(CC[C@@H](C)CO[C@@H]2O[C@H](CO)[C@@H](O)[C@H](O)[C@H]2O)OC2C[C@H]3[C@@H]4CC[C@@H]5C[C@@H](O[C@@H]6O[C@H](CO)[C@@H](O)[C@H](O)[C@H]6O[C@@H]6O[C@@H](C)[C@H](O)[C@@H](O)[C@H]6O)CC[C@]5(C)[C@H]4CC[C@]3(C)[C@H]2[C@@H]1C. The number of hydrogen-bond acceptors (Lipinski definition) is 18. The van der Waals surface area contributed by atoms with E-state index in [-0.39, 0.29) is 41.5 Å². The molecular weight excluding hydrogens is 840 g/mol. The van der Waals surface area contributed by atoms with Crippen LogP contribution in [-0.4, -0.2) is 188 Å². The summed E-state index contributed by atoms with van der Waals surface area (Å²) in [4.78, 5) is 0. The Balaban J connectivity index is 0.878. The lowest BCUT2D eigenvalue weighted by atomic mass is 9.44. The molecule has 18 nitrogen and oxygen atoms in total. The molecule has 4 aliphatic heterocycles. The molecule has 27 atom stereocenters. The Hall–Kier alpha value is -0.720. The third-order valence-corrected chi connectivity index (χ3v) is 18.3. The first-order valence-corrected chi connectivity index (χ1v) is 24.1. The third kappa shape index (κ3) is 8.56. The molecule has 4 heterocycles. The van der Waals surface area contributed by atoms with E-state index in [0.717, 1.165) is 57.8 Å². The average molecular weight is 919 g/mol. The van der Waals surface area contributed by atoms with Crippen LogP contribution >= 0.6 is 0 Å². The minimum absolute atomic E-state index is 0.0349. The van der Waals surface area contributed by atoms with Crippen LogP contribution in [0.2, 0.25) is 0 Å². The minimum Gasteiger partial charge on any atom is -0.394 e. The highest BCUT2D eigenvalue weighted by Gasteiger charge is 2.69. The summed E-state index contributed by atoms with van der Waals surface area (Å²) < 4.78 is 49.0. The van der Waals surface area contributed by atoms with E-state index in [9.17, 15) is 51.1 Å². The van der Waals surface area contributed by atoms with E-state index in [2.05, 4.69) is 20.8 Å². The molecular formula is C46H78O18. The molecule has 0 bridgehead atoms. The van der Waals surface area contributed by atoms with Gasteiger partial charge in [-0.25, -0.2) is 0 Å². The molecule has 8 fully saturated rings. The van der Waals surface area contributed by atoms with Crippen molar-refractivity contribution in [2.24, 2.45) is 52.3 Å². The average Bonchev–Trinajstić information content (AvgIpc) is 3.74. The zero-order valence-electron chi connectivity index (χ0n) is 38.3. The lowest BCUT2D eigenvalue weighted by Gasteiger charge is -2.61. The molecule has 8 aliphatic rings. The summed E-state index contributed by atoms with van der Waals surface area (Å²) in [6, 6.07) is 0. The normalized spacial score (nSPS) is 55.6. The summed E-state index contributed by atoms with van der Waals surface area (Å²) in [5, 5.41) is 104. The second-order valence-corrected chi connectivity index (χ2v) is 21.6. The molecule has 0 aromatic heterocycles. The summed E-state index contributed by atoms with van der Waals surface area (Å²) >= 11 is 0. The number of rotatable bonds is 13. The van der Waals surface area contributed by atoms with Crippen molar-refractivity contribution in [3.63, 3.8) is 0 Å². The van der Waals surface area contributed by atoms with Crippen LogP contribution < -0.4 is 0 Å². The molecule has 1 unspecified atom stereocenters. The zero-order valence-corrected chi connectivity index (χ0v) is 38.3. The van der Waals surface area contributed by atoms with Gasteiger partial charge in [0, 0.05) is 19.4 Å². The van der Waals surface area contributed by atoms with Crippen molar-refractivity contribution in [2.75, 3.05) is 26.9 Å². The van der Waals surface area contributed by atoms with Crippen molar-refractivity contribution in [1.82, 2.24) is 0 Å². The number of aliphatic hydroxyl groups excluding tert-OH is 10. The van der Waals surface area contributed by atoms with E-state index >= 15 is 0 Å². The van der Waals surface area contributed by atoms with Gasteiger partial charge >= 0.3 is 0 Å². The van der Waals surface area contributed by atoms with Crippen LogP contribution in [0.1, 0.15) is 98.8 Å². The Morgan fingerprint density at radius 2 is 1.30 bits per heavy atom. The fourth-order valence-corrected chi connectivity index (χ4v) is 14.4. The predicted octanol–water partition coefficient (Wildman–Crippen LogP) is -0.0975. The molecule has 18 heteroatoms. The fourth-order valence-electron chi connectivity index (χ4n) is 14.4. The van der Waals surface area contributed by atoms with Crippen LogP contribution in [0.5, 0.6) is 0 Å². The van der Waals surface area contributed by atoms with Gasteiger partial charge in [0.2, 0.25) is 0 Å². The van der Waals surface area contributed by atoms with Gasteiger partial charge in [0.25, 0.3) is 0 Å². The Bertz CT molecular complexity index is 1560. The molecule has 64 heavy (non-hydrogen) atoms. The van der Waals surface area contributed by atoms with E-state index in [1.165, 1.54) is 6.92 Å². The van der Waals surface area contributed by atoms with E-state index in [4.69, 9.17) is 37.9 Å². The molecule has 370 valence electrons. The Morgan fingerprint density at radius 1 is 0.656 bits per heavy atom. The first kappa shape index (κ1) is 49.7. The summed E-state index contributed by atoms with van der Waals surface area (Å²) in [6.45, 7) is 9.98. The molecule has 0 aromatic rings. The molecule has 4 saturated carbocycles. The van der Waals surface area contributed by atoms with Gasteiger partial charge in [-0.3, -0.25) is 0 Å². The molecule has 4 aliphatic carbocycles. The van der Waals surface area contributed by atoms with Gasteiger partial charge in [0.15, 0.2) is 24.7 Å². The first-order valence-electron chi connectivity index (χ1n) is 24.1. The lowest BCUT2D eigenvalue weighted by Crippen LogP contribution is -2.64. The second kappa shape index (κ2) is 19.2. The summed E-state index contributed by atoms with van der Waals surface area (Å²) in [5.41, 5.74) is 0.189. The van der Waals surface area contributed by atoms with Crippen molar-refractivity contribution < 1.29 is 89.0 Å². The van der Waals surface area contributed by atoms with E-state index in [1.54, 1.807) is 7.11 Å². The van der Waals surface area contributed by atoms with Gasteiger partial charge in [-0.2, -0.15) is 0 Å². The van der Waals surface area contributed by atoms with Crippen LogP contribution in [0.25, 0.3) is 0 Å². The molecule has 8 rings (SSSR count). The molecule has 10 N–H and O–H groups in total. The topological polar surface area (TPSA) is 276 Å². The van der Waals surface area contributed by atoms with Crippen molar-refractivity contribution in [2.45, 2.75) is 209 Å². The lowest BCUT2D eigenvalue weighted by molar-refractivity contribution is -0.371. The Labute approximate surface area is 376 Å². The summed E-state index contributed by atoms with van der Waals surface area (Å²) in [6.07, 6.45) is -11.1. The number of ether oxygens (including phenoxy) is 8. The summed E-state index contributed by atoms with van der Waals surface area (Å²) in [5.74, 6) is 1.79. The van der Waals surface area contributed by atoms with E-state index in [1.807, 2.05) is 6.92 Å². The van der Waals surface area contributed by atoms with Crippen molar-refractivity contribution in [1.29, 1.82) is 0 Å². The quantitative estimate of drug-likeness (QED) is 0.108. The van der Waals surface area contributed by atoms with Crippen LogP contribution in [0, 0.1) is 52.3 Å². The highest BCUT2D eigenvalue weighted by Crippen LogP contribution is 2.71. The molecule has 4 saturated heterocycles. The smallest absolute Gasteiger partial charge is 0.187 e.